The minimum Gasteiger partial charge on any atom is -0.479 e. The lowest BCUT2D eigenvalue weighted by Crippen LogP contribution is -2.60. The fourth-order valence-electron chi connectivity index (χ4n) is 1.92. The number of hydrogen-bond acceptors (Lipinski definition) is 6. The van der Waals surface area contributed by atoms with Crippen LogP contribution in [0.5, 0.6) is 0 Å². The quantitative estimate of drug-likeness (QED) is 0.463. The highest BCUT2D eigenvalue weighted by Gasteiger charge is 2.47. The van der Waals surface area contributed by atoms with Crippen LogP contribution in [0.3, 0.4) is 0 Å². The molecule has 0 unspecified atom stereocenters. The molecule has 7 heteroatoms. The second-order valence-corrected chi connectivity index (χ2v) is 4.67. The molecule has 19 heavy (non-hydrogen) atoms. The number of carbonyl (C=O) groups is 1. The lowest BCUT2D eigenvalue weighted by Gasteiger charge is -2.38. The average molecular weight is 278 g/mol. The number of unbranched alkanes of at least 4 members (excludes halogenated alkanes) is 3. The van der Waals surface area contributed by atoms with Crippen molar-refractivity contribution in [2.24, 2.45) is 0 Å². The van der Waals surface area contributed by atoms with Gasteiger partial charge in [-0.15, -0.1) is 0 Å². The van der Waals surface area contributed by atoms with Crippen LogP contribution >= 0.6 is 0 Å². The normalized spacial score (nSPS) is 35.3. The fraction of sp³-hybridized carbons (Fsp3) is 0.917. The molecule has 1 aliphatic heterocycles. The summed E-state index contributed by atoms with van der Waals surface area (Å²) < 4.78 is 10.2. The number of ether oxygens (including phenoxy) is 2. The number of aliphatic hydroxyl groups is 3. The fourth-order valence-corrected chi connectivity index (χ4v) is 1.92. The summed E-state index contributed by atoms with van der Waals surface area (Å²) in [6.45, 7) is 2.38. The highest BCUT2D eigenvalue weighted by molar-refractivity contribution is 5.73. The predicted octanol–water partition coefficient (Wildman–Crippen LogP) is -0.525. The Morgan fingerprint density at radius 1 is 1.11 bits per heavy atom. The second kappa shape index (κ2) is 7.76. The van der Waals surface area contributed by atoms with Crippen molar-refractivity contribution in [2.75, 3.05) is 6.61 Å². The van der Waals surface area contributed by atoms with Crippen LogP contribution in [0.1, 0.15) is 32.6 Å². The Bertz CT molecular complexity index is 283. The van der Waals surface area contributed by atoms with E-state index in [0.717, 1.165) is 25.7 Å². The molecule has 0 amide bonds. The van der Waals surface area contributed by atoms with Gasteiger partial charge in [0.15, 0.2) is 12.4 Å². The molecule has 0 aromatic carbocycles. The van der Waals surface area contributed by atoms with Gasteiger partial charge in [0.1, 0.15) is 18.3 Å². The van der Waals surface area contributed by atoms with E-state index < -0.39 is 36.7 Å². The Balaban J connectivity index is 2.45. The molecule has 0 aromatic heterocycles. The molecule has 0 bridgehead atoms. The molecule has 1 fully saturated rings. The molecule has 7 nitrogen and oxygen atoms in total. The molecule has 0 aromatic rings. The maximum atomic E-state index is 10.8. The summed E-state index contributed by atoms with van der Waals surface area (Å²) in [7, 11) is 0. The van der Waals surface area contributed by atoms with Gasteiger partial charge in [-0.25, -0.2) is 4.79 Å². The van der Waals surface area contributed by atoms with E-state index in [0.29, 0.717) is 6.61 Å². The molecule has 1 saturated heterocycles. The van der Waals surface area contributed by atoms with Gasteiger partial charge in [-0.3, -0.25) is 0 Å². The Morgan fingerprint density at radius 2 is 1.79 bits per heavy atom. The van der Waals surface area contributed by atoms with Crippen molar-refractivity contribution in [3.63, 3.8) is 0 Å². The van der Waals surface area contributed by atoms with Crippen molar-refractivity contribution in [1.82, 2.24) is 0 Å². The van der Waals surface area contributed by atoms with Crippen LogP contribution in [0, 0.1) is 0 Å². The van der Waals surface area contributed by atoms with Crippen molar-refractivity contribution in [1.29, 1.82) is 0 Å². The van der Waals surface area contributed by atoms with E-state index in [1.807, 2.05) is 0 Å². The zero-order valence-electron chi connectivity index (χ0n) is 10.9. The van der Waals surface area contributed by atoms with Crippen LogP contribution in [0.15, 0.2) is 0 Å². The SMILES string of the molecule is CCCCCCO[C@@H]1O[C@H](C(=O)O)[C@@H](O)[C@H](O)[C@H]1O. The summed E-state index contributed by atoms with van der Waals surface area (Å²) in [5.41, 5.74) is 0. The molecule has 112 valence electrons. The van der Waals surface area contributed by atoms with E-state index in [-0.39, 0.29) is 0 Å². The van der Waals surface area contributed by atoms with Gasteiger partial charge in [0.05, 0.1) is 0 Å². The van der Waals surface area contributed by atoms with E-state index in [4.69, 9.17) is 14.6 Å². The number of aliphatic carboxylic acids is 1. The Labute approximate surface area is 111 Å². The maximum Gasteiger partial charge on any atom is 0.335 e. The van der Waals surface area contributed by atoms with Gasteiger partial charge in [0.25, 0.3) is 0 Å². The number of rotatable bonds is 7. The van der Waals surface area contributed by atoms with E-state index in [2.05, 4.69) is 6.92 Å². The lowest BCUT2D eigenvalue weighted by atomic mass is 9.99. The van der Waals surface area contributed by atoms with Crippen molar-refractivity contribution < 1.29 is 34.7 Å². The van der Waals surface area contributed by atoms with Crippen LogP contribution in [-0.2, 0) is 14.3 Å². The molecule has 0 saturated carbocycles. The Morgan fingerprint density at radius 3 is 2.37 bits per heavy atom. The number of carboxylic acids is 1. The largest absolute Gasteiger partial charge is 0.479 e. The van der Waals surface area contributed by atoms with Crippen LogP contribution in [0.25, 0.3) is 0 Å². The summed E-state index contributed by atoms with van der Waals surface area (Å²) in [5.74, 6) is -1.40. The zero-order chi connectivity index (χ0) is 14.4. The van der Waals surface area contributed by atoms with Crippen LogP contribution < -0.4 is 0 Å². The smallest absolute Gasteiger partial charge is 0.335 e. The number of hydrogen-bond donors (Lipinski definition) is 4. The highest BCUT2D eigenvalue weighted by atomic mass is 16.7. The van der Waals surface area contributed by atoms with Gasteiger partial charge >= 0.3 is 5.97 Å². The monoisotopic (exact) mass is 278 g/mol. The van der Waals surface area contributed by atoms with E-state index in [1.165, 1.54) is 0 Å². The molecule has 1 aliphatic rings. The molecule has 0 radical (unpaired) electrons. The van der Waals surface area contributed by atoms with E-state index in [1.54, 1.807) is 0 Å². The summed E-state index contributed by atoms with van der Waals surface area (Å²) in [6, 6.07) is 0. The maximum absolute atomic E-state index is 10.8. The Kier molecular flexibility index (Phi) is 6.67. The van der Waals surface area contributed by atoms with E-state index in [9.17, 15) is 20.1 Å². The molecule has 1 heterocycles. The van der Waals surface area contributed by atoms with Gasteiger partial charge in [-0.05, 0) is 6.42 Å². The molecule has 0 aliphatic carbocycles. The first-order valence-electron chi connectivity index (χ1n) is 6.53. The zero-order valence-corrected chi connectivity index (χ0v) is 10.9. The standard InChI is InChI=1S/C12H22O7/c1-2-3-4-5-6-18-12-9(15)7(13)8(14)10(19-12)11(16)17/h7-10,12-15H,2-6H2,1H3,(H,16,17)/t7-,8-,9+,10-,12+/m0/s1. The van der Waals surface area contributed by atoms with Crippen LogP contribution in [0.2, 0.25) is 0 Å². The van der Waals surface area contributed by atoms with E-state index >= 15 is 0 Å². The first-order chi connectivity index (χ1) is 8.99. The summed E-state index contributed by atoms with van der Waals surface area (Å²) in [6.07, 6.45) is -3.70. The van der Waals surface area contributed by atoms with Crippen molar-refractivity contribution in [3.05, 3.63) is 0 Å². The van der Waals surface area contributed by atoms with Crippen molar-refractivity contribution in [3.8, 4) is 0 Å². The first-order valence-corrected chi connectivity index (χ1v) is 6.53. The molecular formula is C12H22O7. The van der Waals surface area contributed by atoms with Gasteiger partial charge in [-0.1, -0.05) is 26.2 Å². The molecule has 1 rings (SSSR count). The van der Waals surface area contributed by atoms with Crippen LogP contribution in [-0.4, -0.2) is 63.7 Å². The third-order valence-electron chi connectivity index (χ3n) is 3.09. The van der Waals surface area contributed by atoms with Crippen molar-refractivity contribution >= 4 is 5.97 Å². The predicted molar refractivity (Wildman–Crippen MR) is 64.4 cm³/mol. The van der Waals surface area contributed by atoms with Gasteiger partial charge < -0.3 is 29.9 Å². The highest BCUT2D eigenvalue weighted by Crippen LogP contribution is 2.22. The summed E-state index contributed by atoms with van der Waals surface area (Å²) in [5, 5.41) is 37.5. The van der Waals surface area contributed by atoms with Gasteiger partial charge in [0, 0.05) is 6.61 Å². The third kappa shape index (κ3) is 4.39. The Hall–Kier alpha value is -0.730. The lowest BCUT2D eigenvalue weighted by molar-refractivity contribution is -0.294. The summed E-state index contributed by atoms with van der Waals surface area (Å²) in [4.78, 5) is 10.8. The summed E-state index contributed by atoms with van der Waals surface area (Å²) >= 11 is 0. The second-order valence-electron chi connectivity index (χ2n) is 4.67. The van der Waals surface area contributed by atoms with Gasteiger partial charge in [0.2, 0.25) is 0 Å². The first kappa shape index (κ1) is 16.3. The van der Waals surface area contributed by atoms with Crippen LogP contribution in [0.4, 0.5) is 0 Å². The number of aliphatic hydroxyl groups excluding tert-OH is 3. The van der Waals surface area contributed by atoms with Crippen molar-refractivity contribution in [2.45, 2.75) is 63.3 Å². The minimum atomic E-state index is -1.67. The average Bonchev–Trinajstić information content (AvgIpc) is 2.37. The molecular weight excluding hydrogens is 256 g/mol. The number of carboxylic acid groups (broad SMARTS) is 1. The molecule has 5 atom stereocenters. The molecule has 0 spiro atoms. The third-order valence-corrected chi connectivity index (χ3v) is 3.09. The molecule has 4 N–H and O–H groups in total. The van der Waals surface area contributed by atoms with Gasteiger partial charge in [-0.2, -0.15) is 0 Å². The topological polar surface area (TPSA) is 116 Å². The minimum absolute atomic E-state index is 0.302.